The van der Waals surface area contributed by atoms with E-state index in [1.807, 2.05) is 18.2 Å². The molecule has 124 valence electrons. The summed E-state index contributed by atoms with van der Waals surface area (Å²) in [6.07, 6.45) is 3.60. The van der Waals surface area contributed by atoms with Gasteiger partial charge in [0.05, 0.1) is 6.61 Å². The second kappa shape index (κ2) is 6.64. The first-order chi connectivity index (χ1) is 11.4. The van der Waals surface area contributed by atoms with Gasteiger partial charge >= 0.3 is 0 Å². The van der Waals surface area contributed by atoms with Crippen molar-refractivity contribution < 1.29 is 9.53 Å². The molecule has 2 aromatic rings. The smallest absolute Gasteiger partial charge is 0.130 e. The SMILES string of the molecule is CC(=O)CCC1=CC(C)(C)COc2ccc(-c3ccccc3)cc21. The molecule has 1 heterocycles. The van der Waals surface area contributed by atoms with Gasteiger partial charge in [-0.15, -0.1) is 0 Å². The van der Waals surface area contributed by atoms with Crippen molar-refractivity contribution in [3.05, 3.63) is 60.2 Å². The fraction of sp³-hybridized carbons (Fsp3) is 0.318. The molecule has 0 unspecified atom stereocenters. The van der Waals surface area contributed by atoms with Gasteiger partial charge in [-0.2, -0.15) is 0 Å². The summed E-state index contributed by atoms with van der Waals surface area (Å²) >= 11 is 0. The third-order valence-corrected chi connectivity index (χ3v) is 4.34. The van der Waals surface area contributed by atoms with Gasteiger partial charge < -0.3 is 9.53 Å². The van der Waals surface area contributed by atoms with Crippen LogP contribution in [0.5, 0.6) is 5.75 Å². The molecule has 0 aliphatic carbocycles. The second-order valence-corrected chi connectivity index (χ2v) is 7.23. The van der Waals surface area contributed by atoms with E-state index in [1.165, 1.54) is 16.7 Å². The molecular weight excluding hydrogens is 296 g/mol. The fourth-order valence-electron chi connectivity index (χ4n) is 3.09. The van der Waals surface area contributed by atoms with Gasteiger partial charge in [-0.1, -0.05) is 56.3 Å². The Morgan fingerprint density at radius 1 is 1.08 bits per heavy atom. The first-order valence-electron chi connectivity index (χ1n) is 8.48. The van der Waals surface area contributed by atoms with Crippen molar-refractivity contribution in [1.82, 2.24) is 0 Å². The molecule has 0 fully saturated rings. The third kappa shape index (κ3) is 3.76. The average molecular weight is 320 g/mol. The number of rotatable bonds is 4. The monoisotopic (exact) mass is 320 g/mol. The maximum absolute atomic E-state index is 11.5. The topological polar surface area (TPSA) is 26.3 Å². The zero-order valence-electron chi connectivity index (χ0n) is 14.6. The zero-order valence-corrected chi connectivity index (χ0v) is 14.6. The highest BCUT2D eigenvalue weighted by Crippen LogP contribution is 2.39. The van der Waals surface area contributed by atoms with Crippen LogP contribution in [0.2, 0.25) is 0 Å². The number of benzene rings is 2. The lowest BCUT2D eigenvalue weighted by molar-refractivity contribution is -0.116. The molecule has 0 amide bonds. The minimum atomic E-state index is -0.0436. The van der Waals surface area contributed by atoms with E-state index in [0.717, 1.165) is 17.7 Å². The predicted molar refractivity (Wildman–Crippen MR) is 99.0 cm³/mol. The number of fused-ring (bicyclic) bond motifs is 1. The van der Waals surface area contributed by atoms with Gasteiger partial charge in [-0.3, -0.25) is 0 Å². The van der Waals surface area contributed by atoms with E-state index >= 15 is 0 Å². The highest BCUT2D eigenvalue weighted by Gasteiger charge is 2.24. The molecule has 1 aliphatic heterocycles. The van der Waals surface area contributed by atoms with Crippen molar-refractivity contribution in [2.24, 2.45) is 5.41 Å². The van der Waals surface area contributed by atoms with Crippen molar-refractivity contribution in [2.45, 2.75) is 33.6 Å². The zero-order chi connectivity index (χ0) is 17.2. The summed E-state index contributed by atoms with van der Waals surface area (Å²) in [6.45, 7) is 6.64. The summed E-state index contributed by atoms with van der Waals surface area (Å²) in [5, 5.41) is 0. The number of ether oxygens (including phenoxy) is 1. The maximum Gasteiger partial charge on any atom is 0.130 e. The van der Waals surface area contributed by atoms with E-state index in [2.05, 4.69) is 50.3 Å². The minimum absolute atomic E-state index is 0.0436. The molecule has 2 heteroatoms. The van der Waals surface area contributed by atoms with Crippen LogP contribution < -0.4 is 4.74 Å². The lowest BCUT2D eigenvalue weighted by Gasteiger charge is -2.18. The average Bonchev–Trinajstić information content (AvgIpc) is 2.69. The molecule has 2 aromatic carbocycles. The van der Waals surface area contributed by atoms with E-state index in [0.29, 0.717) is 13.0 Å². The summed E-state index contributed by atoms with van der Waals surface area (Å²) in [5.41, 5.74) is 4.64. The third-order valence-electron chi connectivity index (χ3n) is 4.34. The molecule has 0 saturated heterocycles. The number of Topliss-reactive ketones (excluding diaryl/α,β-unsaturated/α-hetero) is 1. The largest absolute Gasteiger partial charge is 0.492 e. The Morgan fingerprint density at radius 3 is 2.54 bits per heavy atom. The van der Waals surface area contributed by atoms with E-state index in [4.69, 9.17) is 4.74 Å². The van der Waals surface area contributed by atoms with Crippen molar-refractivity contribution in [2.75, 3.05) is 6.61 Å². The Labute approximate surface area is 144 Å². The molecule has 0 bridgehead atoms. The number of allylic oxidation sites excluding steroid dienone is 1. The van der Waals surface area contributed by atoms with Gasteiger partial charge in [0, 0.05) is 17.4 Å². The summed E-state index contributed by atoms with van der Waals surface area (Å²) in [6, 6.07) is 16.7. The minimum Gasteiger partial charge on any atom is -0.492 e. The lowest BCUT2D eigenvalue weighted by atomic mass is 9.88. The van der Waals surface area contributed by atoms with Gasteiger partial charge in [0.25, 0.3) is 0 Å². The van der Waals surface area contributed by atoms with Crippen molar-refractivity contribution in [3.8, 4) is 16.9 Å². The Bertz CT molecular complexity index is 770. The summed E-state index contributed by atoms with van der Waals surface area (Å²) in [4.78, 5) is 11.5. The first kappa shape index (κ1) is 16.5. The van der Waals surface area contributed by atoms with Crippen molar-refractivity contribution in [3.63, 3.8) is 0 Å². The summed E-state index contributed by atoms with van der Waals surface area (Å²) < 4.78 is 6.05. The molecule has 0 N–H and O–H groups in total. The van der Waals surface area contributed by atoms with Crippen LogP contribution in [-0.2, 0) is 4.79 Å². The molecule has 0 radical (unpaired) electrons. The normalized spacial score (nSPS) is 15.7. The Kier molecular flexibility index (Phi) is 4.57. The Hall–Kier alpha value is -2.35. The number of hydrogen-bond donors (Lipinski definition) is 0. The Balaban J connectivity index is 2.05. The van der Waals surface area contributed by atoms with Crippen molar-refractivity contribution in [1.29, 1.82) is 0 Å². The van der Waals surface area contributed by atoms with Gasteiger partial charge in [-0.25, -0.2) is 0 Å². The van der Waals surface area contributed by atoms with Crippen LogP contribution in [0.15, 0.2) is 54.6 Å². The predicted octanol–water partition coefficient (Wildman–Crippen LogP) is 5.52. The van der Waals surface area contributed by atoms with Gasteiger partial charge in [0.15, 0.2) is 0 Å². The second-order valence-electron chi connectivity index (χ2n) is 7.23. The first-order valence-corrected chi connectivity index (χ1v) is 8.48. The van der Waals surface area contributed by atoms with Crippen LogP contribution in [0.4, 0.5) is 0 Å². The van der Waals surface area contributed by atoms with E-state index in [9.17, 15) is 4.79 Å². The molecule has 2 nitrogen and oxygen atoms in total. The Morgan fingerprint density at radius 2 is 1.83 bits per heavy atom. The van der Waals surface area contributed by atoms with E-state index in [-0.39, 0.29) is 11.2 Å². The fourth-order valence-corrected chi connectivity index (χ4v) is 3.09. The molecule has 24 heavy (non-hydrogen) atoms. The van der Waals surface area contributed by atoms with Crippen LogP contribution in [-0.4, -0.2) is 12.4 Å². The van der Waals surface area contributed by atoms with Crippen LogP contribution in [0.1, 0.15) is 39.2 Å². The van der Waals surface area contributed by atoms with Crippen molar-refractivity contribution >= 4 is 11.4 Å². The quantitative estimate of drug-likeness (QED) is 0.741. The van der Waals surface area contributed by atoms with Gasteiger partial charge in [0.2, 0.25) is 0 Å². The highest BCUT2D eigenvalue weighted by molar-refractivity contribution is 5.81. The molecule has 0 saturated carbocycles. The molecule has 3 rings (SSSR count). The lowest BCUT2D eigenvalue weighted by Crippen LogP contribution is -2.17. The molecule has 0 spiro atoms. The van der Waals surface area contributed by atoms with E-state index in [1.54, 1.807) is 6.92 Å². The van der Waals surface area contributed by atoms with E-state index < -0.39 is 0 Å². The van der Waals surface area contributed by atoms with Gasteiger partial charge in [-0.05, 0) is 42.2 Å². The summed E-state index contributed by atoms with van der Waals surface area (Å²) in [7, 11) is 0. The summed E-state index contributed by atoms with van der Waals surface area (Å²) in [5.74, 6) is 1.13. The molecule has 1 aliphatic rings. The van der Waals surface area contributed by atoms with Gasteiger partial charge in [0.1, 0.15) is 11.5 Å². The number of carbonyl (C=O) groups excluding carboxylic acids is 1. The number of hydrogen-bond acceptors (Lipinski definition) is 2. The van der Waals surface area contributed by atoms with Crippen LogP contribution in [0.3, 0.4) is 0 Å². The molecule has 0 aromatic heterocycles. The van der Waals surface area contributed by atoms with Crippen LogP contribution in [0.25, 0.3) is 16.7 Å². The number of carbonyl (C=O) groups is 1. The molecular formula is C22H24O2. The molecule has 0 atom stereocenters. The van der Waals surface area contributed by atoms with Crippen LogP contribution in [0, 0.1) is 5.41 Å². The number of ketones is 1. The van der Waals surface area contributed by atoms with Crippen LogP contribution >= 0.6 is 0 Å². The standard InChI is InChI=1S/C22H24O2/c1-16(23)9-10-19-14-22(2,3)15-24-21-12-11-18(13-20(19)21)17-7-5-4-6-8-17/h4-8,11-14H,9-10,15H2,1-3H3. The maximum atomic E-state index is 11.5. The highest BCUT2D eigenvalue weighted by atomic mass is 16.5.